The number of nitrogens with one attached hydrogen (secondary N) is 1. The molecule has 0 saturated carbocycles. The fraction of sp³-hybridized carbons (Fsp3) is 0.286. The molecule has 0 bridgehead atoms. The molecule has 0 saturated heterocycles. The van der Waals surface area contributed by atoms with E-state index in [2.05, 4.69) is 14.7 Å². The van der Waals surface area contributed by atoms with Crippen LogP contribution < -0.4 is 4.72 Å². The molecule has 2 rings (SSSR count). The van der Waals surface area contributed by atoms with E-state index in [4.69, 9.17) is 0 Å². The van der Waals surface area contributed by atoms with Gasteiger partial charge in [0.1, 0.15) is 12.1 Å². The van der Waals surface area contributed by atoms with Crippen LogP contribution in [0.1, 0.15) is 19.0 Å². The van der Waals surface area contributed by atoms with Crippen LogP contribution in [0.15, 0.2) is 36.7 Å². The van der Waals surface area contributed by atoms with Gasteiger partial charge in [0.2, 0.25) is 10.0 Å². The molecule has 1 N–H and O–H groups in total. The van der Waals surface area contributed by atoms with Gasteiger partial charge in [0.05, 0.1) is 23.7 Å². The molecule has 0 aliphatic heterocycles. The lowest BCUT2D eigenvalue weighted by molar-refractivity contribution is 0.579. The molecule has 2 aromatic rings. The van der Waals surface area contributed by atoms with Gasteiger partial charge in [0.25, 0.3) is 0 Å². The zero-order chi connectivity index (χ0) is 15.3. The first kappa shape index (κ1) is 15.5. The summed E-state index contributed by atoms with van der Waals surface area (Å²) in [5.41, 5.74) is 1.93. The minimum Gasteiger partial charge on any atom is -0.240 e. The Kier molecular flexibility index (Phi) is 4.98. The largest absolute Gasteiger partial charge is 0.240 e. The summed E-state index contributed by atoms with van der Waals surface area (Å²) in [4.78, 5) is 8.14. The Morgan fingerprint density at radius 1 is 1.19 bits per heavy atom. The Bertz CT molecular complexity index is 702. The first-order chi connectivity index (χ1) is 10.00. The van der Waals surface area contributed by atoms with Crippen molar-refractivity contribution in [1.29, 1.82) is 0 Å². The van der Waals surface area contributed by atoms with E-state index in [0.29, 0.717) is 17.8 Å². The second kappa shape index (κ2) is 6.73. The average molecular weight is 309 g/mol. The normalized spacial score (nSPS) is 11.5. The Morgan fingerprint density at radius 2 is 1.90 bits per heavy atom. The molecule has 21 heavy (non-hydrogen) atoms. The molecule has 0 aliphatic carbocycles. The van der Waals surface area contributed by atoms with Gasteiger partial charge in [-0.25, -0.2) is 27.5 Å². The monoisotopic (exact) mass is 309 g/mol. The molecule has 1 heterocycles. The highest BCUT2D eigenvalue weighted by atomic mass is 32.2. The van der Waals surface area contributed by atoms with Crippen molar-refractivity contribution >= 4 is 10.0 Å². The van der Waals surface area contributed by atoms with Crippen LogP contribution in [-0.4, -0.2) is 24.1 Å². The first-order valence-corrected chi connectivity index (χ1v) is 8.19. The highest BCUT2D eigenvalue weighted by Gasteiger charge is 2.09. The molecule has 0 spiro atoms. The van der Waals surface area contributed by atoms with Crippen LogP contribution in [0.2, 0.25) is 0 Å². The third-order valence-corrected chi connectivity index (χ3v) is 4.34. The molecule has 1 aromatic heterocycles. The zero-order valence-electron chi connectivity index (χ0n) is 11.6. The van der Waals surface area contributed by atoms with Gasteiger partial charge in [-0.1, -0.05) is 6.92 Å². The van der Waals surface area contributed by atoms with Crippen molar-refractivity contribution < 1.29 is 12.8 Å². The van der Waals surface area contributed by atoms with Gasteiger partial charge in [0, 0.05) is 5.56 Å². The standard InChI is InChI=1S/C14H16FN3O2S/c1-2-7-21(19,20)18-9-13-8-14(17-10-16-13)11-3-5-12(15)6-4-11/h3-6,8,10,18H,2,7,9H2,1H3. The molecule has 0 aliphatic rings. The van der Waals surface area contributed by atoms with Gasteiger partial charge in [-0.15, -0.1) is 0 Å². The van der Waals surface area contributed by atoms with Crippen molar-refractivity contribution in [3.63, 3.8) is 0 Å². The second-order valence-electron chi connectivity index (χ2n) is 4.54. The lowest BCUT2D eigenvalue weighted by Gasteiger charge is -2.06. The number of rotatable bonds is 6. The van der Waals surface area contributed by atoms with Crippen molar-refractivity contribution in [2.24, 2.45) is 0 Å². The summed E-state index contributed by atoms with van der Waals surface area (Å²) in [6, 6.07) is 7.61. The third-order valence-electron chi connectivity index (χ3n) is 2.81. The summed E-state index contributed by atoms with van der Waals surface area (Å²) in [5.74, 6) is -0.233. The SMILES string of the molecule is CCCS(=O)(=O)NCc1cc(-c2ccc(F)cc2)ncn1. The highest BCUT2D eigenvalue weighted by molar-refractivity contribution is 7.89. The molecule has 7 heteroatoms. The molecule has 0 atom stereocenters. The highest BCUT2D eigenvalue weighted by Crippen LogP contribution is 2.17. The fourth-order valence-corrected chi connectivity index (χ4v) is 2.85. The molecule has 0 amide bonds. The van der Waals surface area contributed by atoms with Gasteiger partial charge in [0.15, 0.2) is 0 Å². The Balaban J connectivity index is 2.13. The number of halogens is 1. The fourth-order valence-electron chi connectivity index (χ4n) is 1.80. The second-order valence-corrected chi connectivity index (χ2v) is 6.47. The summed E-state index contributed by atoms with van der Waals surface area (Å²) in [6.45, 7) is 1.91. The quantitative estimate of drug-likeness (QED) is 0.887. The van der Waals surface area contributed by atoms with E-state index in [1.54, 1.807) is 25.1 Å². The lowest BCUT2D eigenvalue weighted by atomic mass is 10.1. The van der Waals surface area contributed by atoms with E-state index in [1.165, 1.54) is 18.5 Å². The molecule has 1 aromatic carbocycles. The van der Waals surface area contributed by atoms with E-state index in [9.17, 15) is 12.8 Å². The van der Waals surface area contributed by atoms with E-state index in [-0.39, 0.29) is 18.1 Å². The zero-order valence-corrected chi connectivity index (χ0v) is 12.4. The number of hydrogen-bond donors (Lipinski definition) is 1. The molecule has 0 unspecified atom stereocenters. The van der Waals surface area contributed by atoms with Crippen molar-refractivity contribution in [3.8, 4) is 11.3 Å². The minimum atomic E-state index is -3.27. The van der Waals surface area contributed by atoms with Crippen molar-refractivity contribution in [3.05, 3.63) is 48.2 Å². The van der Waals surface area contributed by atoms with E-state index < -0.39 is 10.0 Å². The van der Waals surface area contributed by atoms with Crippen LogP contribution in [0, 0.1) is 5.82 Å². The maximum Gasteiger partial charge on any atom is 0.211 e. The first-order valence-electron chi connectivity index (χ1n) is 6.54. The van der Waals surface area contributed by atoms with Crippen LogP contribution in [0.5, 0.6) is 0 Å². The molecule has 0 fully saturated rings. The van der Waals surface area contributed by atoms with Crippen molar-refractivity contribution in [2.75, 3.05) is 5.75 Å². The Labute approximate surface area is 123 Å². The third kappa shape index (κ3) is 4.57. The van der Waals surface area contributed by atoms with E-state index in [1.807, 2.05) is 0 Å². The maximum atomic E-state index is 12.9. The van der Waals surface area contributed by atoms with Crippen LogP contribution in [-0.2, 0) is 16.6 Å². The number of sulfonamides is 1. The van der Waals surface area contributed by atoms with Gasteiger partial charge >= 0.3 is 0 Å². The molecule has 0 radical (unpaired) electrons. The predicted molar refractivity (Wildman–Crippen MR) is 78.3 cm³/mol. The summed E-state index contributed by atoms with van der Waals surface area (Å²) in [7, 11) is -3.27. The minimum absolute atomic E-state index is 0.0862. The van der Waals surface area contributed by atoms with Gasteiger partial charge in [-0.2, -0.15) is 0 Å². The smallest absolute Gasteiger partial charge is 0.211 e. The summed E-state index contributed by atoms with van der Waals surface area (Å²) < 4.78 is 38.6. The van der Waals surface area contributed by atoms with Crippen LogP contribution >= 0.6 is 0 Å². The van der Waals surface area contributed by atoms with E-state index in [0.717, 1.165) is 5.56 Å². The number of hydrogen-bond acceptors (Lipinski definition) is 4. The van der Waals surface area contributed by atoms with Gasteiger partial charge in [-0.3, -0.25) is 0 Å². The van der Waals surface area contributed by atoms with Gasteiger partial charge < -0.3 is 0 Å². The predicted octanol–water partition coefficient (Wildman–Crippen LogP) is 2.11. The maximum absolute atomic E-state index is 12.9. The lowest BCUT2D eigenvalue weighted by Crippen LogP contribution is -2.26. The van der Waals surface area contributed by atoms with Crippen molar-refractivity contribution in [1.82, 2.24) is 14.7 Å². The molecular formula is C14H16FN3O2S. The average Bonchev–Trinajstić information content (AvgIpc) is 2.46. The number of aromatic nitrogens is 2. The number of nitrogens with zero attached hydrogens (tertiary/aromatic N) is 2. The summed E-state index contributed by atoms with van der Waals surface area (Å²) >= 11 is 0. The van der Waals surface area contributed by atoms with Crippen LogP contribution in [0.3, 0.4) is 0 Å². The topological polar surface area (TPSA) is 72.0 Å². The van der Waals surface area contributed by atoms with Gasteiger partial charge in [-0.05, 0) is 36.8 Å². The molecule has 5 nitrogen and oxygen atoms in total. The Morgan fingerprint density at radius 3 is 2.57 bits per heavy atom. The Hall–Kier alpha value is -1.86. The summed E-state index contributed by atoms with van der Waals surface area (Å²) in [6.07, 6.45) is 1.92. The van der Waals surface area contributed by atoms with Crippen LogP contribution in [0.4, 0.5) is 4.39 Å². The van der Waals surface area contributed by atoms with Crippen molar-refractivity contribution in [2.45, 2.75) is 19.9 Å². The summed E-state index contributed by atoms with van der Waals surface area (Å²) in [5, 5.41) is 0. The molecular weight excluding hydrogens is 293 g/mol. The van der Waals surface area contributed by atoms with E-state index >= 15 is 0 Å². The van der Waals surface area contributed by atoms with Crippen LogP contribution in [0.25, 0.3) is 11.3 Å². The molecule has 112 valence electrons. The number of benzene rings is 1.